The molecule has 1 aromatic heterocycles. The Hall–Kier alpha value is -3.62. The molecule has 120 valence electrons. The summed E-state index contributed by atoms with van der Waals surface area (Å²) in [5.41, 5.74) is -0.934. The molecule has 9 heteroatoms. The highest BCUT2D eigenvalue weighted by Crippen LogP contribution is 2.32. The second-order valence-corrected chi connectivity index (χ2v) is 4.81. The van der Waals surface area contributed by atoms with Crippen molar-refractivity contribution in [1.82, 2.24) is 4.98 Å². The number of nitrogens with zero attached hydrogens (tertiary/aromatic N) is 3. The normalized spacial score (nSPS) is 11.2. The van der Waals surface area contributed by atoms with Crippen LogP contribution in [0, 0.1) is 15.9 Å². The minimum absolute atomic E-state index is 0.104. The van der Waals surface area contributed by atoms with Gasteiger partial charge in [0.25, 0.3) is 11.2 Å². The van der Waals surface area contributed by atoms with Gasteiger partial charge in [-0.1, -0.05) is 0 Å². The van der Waals surface area contributed by atoms with Crippen LogP contribution in [0.5, 0.6) is 5.75 Å². The number of hydrogen-bond donors (Lipinski definition) is 2. The molecule has 3 rings (SSSR count). The van der Waals surface area contributed by atoms with Crippen LogP contribution in [0.4, 0.5) is 21.5 Å². The van der Waals surface area contributed by atoms with Crippen LogP contribution in [0.3, 0.4) is 0 Å². The van der Waals surface area contributed by atoms with Crippen LogP contribution in [-0.2, 0) is 0 Å². The molecule has 0 radical (unpaired) electrons. The molecule has 0 atom stereocenters. The summed E-state index contributed by atoms with van der Waals surface area (Å²) in [4.78, 5) is 24.6. The van der Waals surface area contributed by atoms with Crippen molar-refractivity contribution in [2.75, 3.05) is 0 Å². The Morgan fingerprint density at radius 3 is 2.50 bits per heavy atom. The number of pyridine rings is 1. The van der Waals surface area contributed by atoms with Crippen molar-refractivity contribution in [3.63, 3.8) is 0 Å². The van der Waals surface area contributed by atoms with Crippen LogP contribution in [0.25, 0.3) is 10.9 Å². The number of nitro groups is 1. The summed E-state index contributed by atoms with van der Waals surface area (Å²) in [5.74, 6) is -0.892. The minimum Gasteiger partial charge on any atom is -0.505 e. The third-order valence-electron chi connectivity index (χ3n) is 3.25. The van der Waals surface area contributed by atoms with Gasteiger partial charge in [-0.2, -0.15) is 5.11 Å². The lowest BCUT2D eigenvalue weighted by Gasteiger charge is -2.03. The third-order valence-corrected chi connectivity index (χ3v) is 3.25. The molecule has 0 saturated carbocycles. The second kappa shape index (κ2) is 5.88. The van der Waals surface area contributed by atoms with Gasteiger partial charge in [-0.05, 0) is 30.3 Å². The first-order valence-electron chi connectivity index (χ1n) is 6.66. The molecular formula is C15H9FN4O4. The van der Waals surface area contributed by atoms with Crippen LogP contribution >= 0.6 is 0 Å². The lowest BCUT2D eigenvalue weighted by molar-refractivity contribution is -0.384. The van der Waals surface area contributed by atoms with E-state index in [4.69, 9.17) is 0 Å². The number of aromatic hydroxyl groups is 1. The smallest absolute Gasteiger partial charge is 0.280 e. The molecule has 0 amide bonds. The maximum Gasteiger partial charge on any atom is 0.280 e. The number of aromatic amines is 1. The molecule has 0 aliphatic heterocycles. The van der Waals surface area contributed by atoms with Crippen LogP contribution in [0.1, 0.15) is 0 Å². The van der Waals surface area contributed by atoms with Gasteiger partial charge in [-0.15, -0.1) is 5.11 Å². The Morgan fingerprint density at radius 1 is 1.12 bits per heavy atom. The van der Waals surface area contributed by atoms with Crippen molar-refractivity contribution >= 4 is 28.0 Å². The van der Waals surface area contributed by atoms with Crippen LogP contribution in [-0.4, -0.2) is 15.0 Å². The number of hydrogen-bond acceptors (Lipinski definition) is 6. The fraction of sp³-hybridized carbons (Fsp3) is 0. The van der Waals surface area contributed by atoms with E-state index >= 15 is 0 Å². The van der Waals surface area contributed by atoms with Crippen molar-refractivity contribution in [1.29, 1.82) is 0 Å². The quantitative estimate of drug-likeness (QED) is 0.432. The van der Waals surface area contributed by atoms with Gasteiger partial charge in [-0.25, -0.2) is 4.39 Å². The monoisotopic (exact) mass is 328 g/mol. The SMILES string of the molecule is O=c1[nH]c2cc([N+](=O)[O-])ccc2c(O)c1N=Nc1ccc(F)cc1. The number of benzene rings is 2. The molecule has 1 heterocycles. The number of non-ortho nitro benzene ring substituents is 1. The van der Waals surface area contributed by atoms with E-state index in [0.29, 0.717) is 5.69 Å². The fourth-order valence-electron chi connectivity index (χ4n) is 2.08. The molecule has 0 spiro atoms. The largest absolute Gasteiger partial charge is 0.505 e. The van der Waals surface area contributed by atoms with Crippen LogP contribution < -0.4 is 5.56 Å². The van der Waals surface area contributed by atoms with Gasteiger partial charge in [-0.3, -0.25) is 14.9 Å². The van der Waals surface area contributed by atoms with E-state index < -0.39 is 22.0 Å². The molecule has 2 aromatic carbocycles. The number of nitrogens with one attached hydrogen (secondary N) is 1. The first kappa shape index (κ1) is 15.3. The molecule has 0 fully saturated rings. The number of fused-ring (bicyclic) bond motifs is 1. The third kappa shape index (κ3) is 2.82. The Kier molecular flexibility index (Phi) is 3.74. The van der Waals surface area contributed by atoms with Gasteiger partial charge < -0.3 is 10.1 Å². The minimum atomic E-state index is -0.758. The van der Waals surface area contributed by atoms with Crippen molar-refractivity contribution in [2.24, 2.45) is 10.2 Å². The Balaban J connectivity index is 2.08. The maximum atomic E-state index is 12.8. The molecule has 0 unspecified atom stereocenters. The van der Waals surface area contributed by atoms with Crippen molar-refractivity contribution < 1.29 is 14.4 Å². The highest BCUT2D eigenvalue weighted by Gasteiger charge is 2.14. The van der Waals surface area contributed by atoms with Crippen LogP contribution in [0.15, 0.2) is 57.5 Å². The number of nitro benzene ring substituents is 1. The molecule has 0 aliphatic rings. The van der Waals surface area contributed by atoms with E-state index in [1.165, 1.54) is 36.4 Å². The molecule has 2 N–H and O–H groups in total. The van der Waals surface area contributed by atoms with E-state index in [9.17, 15) is 24.4 Å². The zero-order valence-corrected chi connectivity index (χ0v) is 11.9. The van der Waals surface area contributed by atoms with E-state index in [2.05, 4.69) is 15.2 Å². The number of aromatic nitrogens is 1. The van der Waals surface area contributed by atoms with Crippen molar-refractivity contribution in [3.8, 4) is 5.75 Å². The van der Waals surface area contributed by atoms with Gasteiger partial charge in [0.1, 0.15) is 5.82 Å². The standard InChI is InChI=1S/C15H9FN4O4/c16-8-1-3-9(4-2-8)18-19-13-14(21)11-6-5-10(20(23)24)7-12(11)17-15(13)22/h1-7H,(H2,17,21,22). The molecule has 0 bridgehead atoms. The Labute approximate surface area is 133 Å². The summed E-state index contributed by atoms with van der Waals surface area (Å²) >= 11 is 0. The predicted molar refractivity (Wildman–Crippen MR) is 83.5 cm³/mol. The molecule has 8 nitrogen and oxygen atoms in total. The summed E-state index contributed by atoms with van der Waals surface area (Å²) in [6.45, 7) is 0. The van der Waals surface area contributed by atoms with Crippen LogP contribution in [0.2, 0.25) is 0 Å². The fourth-order valence-corrected chi connectivity index (χ4v) is 2.08. The van der Waals surface area contributed by atoms with Gasteiger partial charge in [0.2, 0.25) is 0 Å². The first-order valence-corrected chi connectivity index (χ1v) is 6.66. The summed E-state index contributed by atoms with van der Waals surface area (Å²) in [6.07, 6.45) is 0. The number of H-pyrrole nitrogens is 1. The average Bonchev–Trinajstić information content (AvgIpc) is 2.55. The number of azo groups is 1. The lowest BCUT2D eigenvalue weighted by atomic mass is 10.1. The summed E-state index contributed by atoms with van der Waals surface area (Å²) in [5, 5.41) is 28.6. The van der Waals surface area contributed by atoms with Crippen molar-refractivity contribution in [3.05, 3.63) is 68.7 Å². The van der Waals surface area contributed by atoms with E-state index in [0.717, 1.165) is 6.07 Å². The van der Waals surface area contributed by atoms with Gasteiger partial charge >= 0.3 is 0 Å². The van der Waals surface area contributed by atoms with Gasteiger partial charge in [0.05, 0.1) is 16.1 Å². The molecule has 0 saturated heterocycles. The Bertz CT molecular complexity index is 1030. The predicted octanol–water partition coefficient (Wildman–Crippen LogP) is 3.70. The summed E-state index contributed by atoms with van der Waals surface area (Å²) in [7, 11) is 0. The molecule has 3 aromatic rings. The van der Waals surface area contributed by atoms with E-state index in [1.54, 1.807) is 0 Å². The lowest BCUT2D eigenvalue weighted by Crippen LogP contribution is -2.05. The molecule has 0 aliphatic carbocycles. The zero-order chi connectivity index (χ0) is 17.3. The highest BCUT2D eigenvalue weighted by atomic mass is 19.1. The second-order valence-electron chi connectivity index (χ2n) is 4.81. The molecule has 24 heavy (non-hydrogen) atoms. The zero-order valence-electron chi connectivity index (χ0n) is 11.9. The number of halogens is 1. The van der Waals surface area contributed by atoms with E-state index in [-0.39, 0.29) is 22.3 Å². The van der Waals surface area contributed by atoms with Gasteiger partial charge in [0, 0.05) is 17.5 Å². The highest BCUT2D eigenvalue weighted by molar-refractivity contribution is 5.90. The molecular weight excluding hydrogens is 319 g/mol. The summed E-state index contributed by atoms with van der Waals surface area (Å²) in [6, 6.07) is 8.70. The van der Waals surface area contributed by atoms with E-state index in [1.807, 2.05) is 0 Å². The Morgan fingerprint density at radius 2 is 1.83 bits per heavy atom. The average molecular weight is 328 g/mol. The maximum absolute atomic E-state index is 12.8. The number of rotatable bonds is 3. The first-order chi connectivity index (χ1) is 11.5. The topological polar surface area (TPSA) is 121 Å². The summed E-state index contributed by atoms with van der Waals surface area (Å²) < 4.78 is 12.8. The van der Waals surface area contributed by atoms with Crippen molar-refractivity contribution in [2.45, 2.75) is 0 Å². The van der Waals surface area contributed by atoms with Gasteiger partial charge in [0.15, 0.2) is 11.4 Å².